The van der Waals surface area contributed by atoms with Crippen molar-refractivity contribution in [1.29, 1.82) is 0 Å². The lowest BCUT2D eigenvalue weighted by atomic mass is 9.86. The monoisotopic (exact) mass is 476 g/mol. The summed E-state index contributed by atoms with van der Waals surface area (Å²) in [5.74, 6) is 1.01. The van der Waals surface area contributed by atoms with Crippen molar-refractivity contribution in [1.82, 2.24) is 9.47 Å². The number of ketones is 1. The molecule has 2 atom stereocenters. The molecule has 3 heterocycles. The molecule has 2 fully saturated rings. The smallest absolute Gasteiger partial charge is 0.161 e. The van der Waals surface area contributed by atoms with Crippen LogP contribution in [0.2, 0.25) is 5.02 Å². The van der Waals surface area contributed by atoms with Gasteiger partial charge in [-0.2, -0.15) is 0 Å². The van der Waals surface area contributed by atoms with Gasteiger partial charge < -0.3 is 4.57 Å². The van der Waals surface area contributed by atoms with E-state index in [-0.39, 0.29) is 5.78 Å². The van der Waals surface area contributed by atoms with Gasteiger partial charge in [0.25, 0.3) is 0 Å². The van der Waals surface area contributed by atoms with Gasteiger partial charge in [-0.3, -0.25) is 9.69 Å². The Morgan fingerprint density at radius 1 is 1.03 bits per heavy atom. The second-order valence-corrected chi connectivity index (χ2v) is 10.9. The quantitative estimate of drug-likeness (QED) is 0.302. The maximum atomic E-state index is 12.2. The molecule has 3 nitrogen and oxygen atoms in total. The Balaban J connectivity index is 1.19. The normalized spacial score (nSPS) is 22.5. The third kappa shape index (κ3) is 4.83. The molecule has 2 bridgehead atoms. The molecule has 0 aliphatic carbocycles. The van der Waals surface area contributed by atoms with Gasteiger partial charge in [0, 0.05) is 47.3 Å². The van der Waals surface area contributed by atoms with Crippen LogP contribution >= 0.6 is 11.6 Å². The van der Waals surface area contributed by atoms with E-state index in [1.54, 1.807) is 6.92 Å². The number of aryl methyl sites for hydroxylation is 3. The van der Waals surface area contributed by atoms with Crippen molar-refractivity contribution in [2.24, 2.45) is 5.92 Å². The molecule has 5 rings (SSSR count). The topological polar surface area (TPSA) is 25.2 Å². The molecule has 2 unspecified atom stereocenters. The van der Waals surface area contributed by atoms with Gasteiger partial charge in [0.15, 0.2) is 5.78 Å². The van der Waals surface area contributed by atoms with Crippen LogP contribution in [-0.4, -0.2) is 33.9 Å². The molecule has 0 radical (unpaired) electrons. The van der Waals surface area contributed by atoms with Gasteiger partial charge in [0.1, 0.15) is 0 Å². The number of nitrogens with zero attached hydrogens (tertiary/aromatic N) is 2. The van der Waals surface area contributed by atoms with Crippen LogP contribution in [0.25, 0.3) is 10.9 Å². The first-order valence-corrected chi connectivity index (χ1v) is 13.5. The zero-order chi connectivity index (χ0) is 23.7. The Morgan fingerprint density at radius 2 is 1.76 bits per heavy atom. The number of halogens is 1. The highest BCUT2D eigenvalue weighted by Gasteiger charge is 2.39. The second kappa shape index (κ2) is 10.3. The standard InChI is InChI=1S/C30H37ClN2O/c1-3-24-6-4-7-28-29(21(2)34)20-32(30(24)28)16-5-17-33-26-14-15-27(33)19-23(18-26)9-8-22-10-12-25(31)13-11-22/h4,6-7,10-13,20,23,26-27H,3,5,8-9,14-19H2,1-2H3. The second-order valence-electron chi connectivity index (χ2n) is 10.4. The minimum absolute atomic E-state index is 0.163. The maximum Gasteiger partial charge on any atom is 0.161 e. The number of aromatic nitrogens is 1. The SMILES string of the molecule is CCc1cccc2c(C(C)=O)cn(CCCN3C4CCC3CC(CCc3ccc(Cl)cc3)C4)c12. The van der Waals surface area contributed by atoms with Crippen LogP contribution in [0, 0.1) is 5.92 Å². The fourth-order valence-electron chi connectivity index (χ4n) is 6.61. The van der Waals surface area contributed by atoms with Crippen LogP contribution in [0.15, 0.2) is 48.7 Å². The minimum atomic E-state index is 0.163. The number of fused-ring (bicyclic) bond motifs is 3. The predicted molar refractivity (Wildman–Crippen MR) is 142 cm³/mol. The van der Waals surface area contributed by atoms with Gasteiger partial charge in [-0.1, -0.05) is 48.9 Å². The third-order valence-corrected chi connectivity index (χ3v) is 8.55. The number of hydrogen-bond donors (Lipinski definition) is 0. The van der Waals surface area contributed by atoms with E-state index in [4.69, 9.17) is 11.6 Å². The summed E-state index contributed by atoms with van der Waals surface area (Å²) in [7, 11) is 0. The number of carbonyl (C=O) groups is 1. The molecular weight excluding hydrogens is 440 g/mol. The van der Waals surface area contributed by atoms with Crippen molar-refractivity contribution >= 4 is 28.3 Å². The minimum Gasteiger partial charge on any atom is -0.346 e. The first-order valence-electron chi connectivity index (χ1n) is 13.1. The molecule has 0 N–H and O–H groups in total. The third-order valence-electron chi connectivity index (χ3n) is 8.29. The molecule has 180 valence electrons. The first-order chi connectivity index (χ1) is 16.5. The van der Waals surface area contributed by atoms with Crippen molar-refractivity contribution < 1.29 is 4.79 Å². The summed E-state index contributed by atoms with van der Waals surface area (Å²) in [5.41, 5.74) is 4.88. The van der Waals surface area contributed by atoms with Crippen molar-refractivity contribution in [2.45, 2.75) is 83.8 Å². The van der Waals surface area contributed by atoms with Crippen LogP contribution in [0.5, 0.6) is 0 Å². The van der Waals surface area contributed by atoms with E-state index in [0.29, 0.717) is 0 Å². The first kappa shape index (κ1) is 23.6. The molecule has 34 heavy (non-hydrogen) atoms. The maximum absolute atomic E-state index is 12.2. The molecule has 0 amide bonds. The number of Topliss-reactive ketones (excluding diaryl/α,β-unsaturated/α-hetero) is 1. The summed E-state index contributed by atoms with van der Waals surface area (Å²) < 4.78 is 2.35. The molecule has 3 aromatic rings. The van der Waals surface area contributed by atoms with Crippen molar-refractivity contribution in [2.75, 3.05) is 6.54 Å². The lowest BCUT2D eigenvalue weighted by molar-refractivity contribution is 0.0978. The number of para-hydroxylation sites is 1. The van der Waals surface area contributed by atoms with E-state index in [2.05, 4.69) is 52.9 Å². The van der Waals surface area contributed by atoms with E-state index in [1.807, 2.05) is 12.1 Å². The predicted octanol–water partition coefficient (Wildman–Crippen LogP) is 7.33. The largest absolute Gasteiger partial charge is 0.346 e. The molecule has 2 aliphatic rings. The highest BCUT2D eigenvalue weighted by atomic mass is 35.5. The Bertz CT molecular complexity index is 1130. The Kier molecular flexibility index (Phi) is 7.13. The van der Waals surface area contributed by atoms with E-state index >= 15 is 0 Å². The average molecular weight is 477 g/mol. The fourth-order valence-corrected chi connectivity index (χ4v) is 6.74. The highest BCUT2D eigenvalue weighted by molar-refractivity contribution is 6.30. The van der Waals surface area contributed by atoms with Crippen LogP contribution in [0.4, 0.5) is 0 Å². The zero-order valence-electron chi connectivity index (χ0n) is 20.6. The number of rotatable bonds is 9. The Labute approximate surface area is 209 Å². The lowest BCUT2D eigenvalue weighted by Gasteiger charge is -2.39. The molecule has 4 heteroatoms. The molecule has 1 aromatic heterocycles. The van der Waals surface area contributed by atoms with E-state index in [9.17, 15) is 4.79 Å². The summed E-state index contributed by atoms with van der Waals surface area (Å²) in [5, 5.41) is 1.94. The molecule has 2 aromatic carbocycles. The van der Waals surface area contributed by atoms with Gasteiger partial charge in [-0.25, -0.2) is 0 Å². The summed E-state index contributed by atoms with van der Waals surface area (Å²) in [6.45, 7) is 6.04. The van der Waals surface area contributed by atoms with E-state index < -0.39 is 0 Å². The summed E-state index contributed by atoms with van der Waals surface area (Å²) >= 11 is 6.04. The van der Waals surface area contributed by atoms with E-state index in [1.165, 1.54) is 61.7 Å². The summed E-state index contributed by atoms with van der Waals surface area (Å²) in [4.78, 5) is 15.1. The van der Waals surface area contributed by atoms with Crippen molar-refractivity contribution in [3.8, 4) is 0 Å². The number of piperidine rings is 1. The lowest BCUT2D eigenvalue weighted by Crippen LogP contribution is -2.43. The van der Waals surface area contributed by atoms with Crippen LogP contribution in [0.3, 0.4) is 0 Å². The highest BCUT2D eigenvalue weighted by Crippen LogP contribution is 2.40. The Morgan fingerprint density at radius 3 is 2.44 bits per heavy atom. The Hall–Kier alpha value is -2.10. The number of carbonyl (C=O) groups excluding carboxylic acids is 1. The fraction of sp³-hybridized carbons (Fsp3) is 0.500. The molecular formula is C30H37ClN2O. The van der Waals surface area contributed by atoms with Crippen LogP contribution < -0.4 is 0 Å². The summed E-state index contributed by atoms with van der Waals surface area (Å²) in [6.07, 6.45) is 12.1. The molecule has 2 saturated heterocycles. The molecule has 2 aliphatic heterocycles. The van der Waals surface area contributed by atoms with Gasteiger partial charge >= 0.3 is 0 Å². The zero-order valence-corrected chi connectivity index (χ0v) is 21.4. The number of hydrogen-bond acceptors (Lipinski definition) is 2. The van der Waals surface area contributed by atoms with Crippen LogP contribution in [-0.2, 0) is 19.4 Å². The van der Waals surface area contributed by atoms with Crippen molar-refractivity contribution in [3.05, 3.63) is 70.4 Å². The molecule has 0 saturated carbocycles. The van der Waals surface area contributed by atoms with Gasteiger partial charge in [-0.15, -0.1) is 0 Å². The van der Waals surface area contributed by atoms with Gasteiger partial charge in [0.05, 0.1) is 5.52 Å². The molecule has 0 spiro atoms. The van der Waals surface area contributed by atoms with E-state index in [0.717, 1.165) is 53.4 Å². The van der Waals surface area contributed by atoms with Gasteiger partial charge in [-0.05, 0) is 87.5 Å². The summed E-state index contributed by atoms with van der Waals surface area (Å²) in [6, 6.07) is 16.3. The van der Waals surface area contributed by atoms with Crippen molar-refractivity contribution in [3.63, 3.8) is 0 Å². The van der Waals surface area contributed by atoms with Gasteiger partial charge in [0.2, 0.25) is 0 Å². The number of benzene rings is 2. The average Bonchev–Trinajstić information content (AvgIpc) is 3.32. The van der Waals surface area contributed by atoms with Crippen LogP contribution in [0.1, 0.15) is 73.9 Å².